The molecule has 2 aliphatic rings. The molecule has 1 atom stereocenters. The number of rotatable bonds is 3. The zero-order valence-corrected chi connectivity index (χ0v) is 10.6. The molecule has 2 saturated heterocycles. The van der Waals surface area contributed by atoms with Crippen LogP contribution in [0.15, 0.2) is 6.20 Å². The van der Waals surface area contributed by atoms with Crippen LogP contribution in [0.1, 0.15) is 6.42 Å². The average Bonchev–Trinajstić information content (AvgIpc) is 2.95. The third-order valence-corrected chi connectivity index (χ3v) is 3.30. The van der Waals surface area contributed by atoms with Crippen molar-refractivity contribution in [3.05, 3.63) is 12.0 Å². The molecule has 0 amide bonds. The van der Waals surface area contributed by atoms with Crippen LogP contribution in [0.2, 0.25) is 0 Å². The van der Waals surface area contributed by atoms with Crippen molar-refractivity contribution in [2.24, 2.45) is 0 Å². The van der Waals surface area contributed by atoms with Gasteiger partial charge in [0.05, 0.1) is 19.4 Å². The van der Waals surface area contributed by atoms with Crippen LogP contribution < -0.4 is 15.0 Å². The lowest BCUT2D eigenvalue weighted by atomic mass is 10.3. The first-order valence-corrected chi connectivity index (χ1v) is 6.55. The third-order valence-electron chi connectivity index (χ3n) is 3.30. The molecule has 1 unspecified atom stereocenters. The van der Waals surface area contributed by atoms with Crippen LogP contribution in [0.3, 0.4) is 0 Å². The van der Waals surface area contributed by atoms with Gasteiger partial charge in [0.15, 0.2) is 11.6 Å². The predicted octanol–water partition coefficient (Wildman–Crippen LogP) is 0.193. The highest BCUT2D eigenvalue weighted by Gasteiger charge is 2.21. The maximum absolute atomic E-state index is 13.8. The molecule has 7 heteroatoms. The van der Waals surface area contributed by atoms with E-state index in [0.717, 1.165) is 19.5 Å². The average molecular weight is 268 g/mol. The Balaban J connectivity index is 1.74. The normalized spacial score (nSPS) is 23.6. The highest BCUT2D eigenvalue weighted by atomic mass is 19.1. The first-order chi connectivity index (χ1) is 9.33. The van der Waals surface area contributed by atoms with Gasteiger partial charge in [0.2, 0.25) is 0 Å². The summed E-state index contributed by atoms with van der Waals surface area (Å²) in [6, 6.07) is 0.247. The first-order valence-electron chi connectivity index (χ1n) is 6.55. The van der Waals surface area contributed by atoms with Crippen molar-refractivity contribution in [3.8, 4) is 6.01 Å². The van der Waals surface area contributed by atoms with Crippen LogP contribution in [0, 0.1) is 5.82 Å². The van der Waals surface area contributed by atoms with Crippen LogP contribution in [-0.2, 0) is 4.74 Å². The molecular weight excluding hydrogens is 251 g/mol. The summed E-state index contributed by atoms with van der Waals surface area (Å²) in [6.45, 7) is 4.17. The lowest BCUT2D eigenvalue weighted by molar-refractivity contribution is 0.121. The fourth-order valence-corrected chi connectivity index (χ4v) is 2.27. The Morgan fingerprint density at radius 3 is 3.00 bits per heavy atom. The Morgan fingerprint density at radius 2 is 2.26 bits per heavy atom. The fraction of sp³-hybridized carbons (Fsp3) is 0.667. The van der Waals surface area contributed by atoms with Gasteiger partial charge in [-0.25, -0.2) is 9.37 Å². The lowest BCUT2D eigenvalue weighted by Gasteiger charge is -2.28. The number of hydrogen-bond acceptors (Lipinski definition) is 6. The Morgan fingerprint density at radius 1 is 1.42 bits per heavy atom. The number of nitrogens with one attached hydrogen (secondary N) is 1. The zero-order chi connectivity index (χ0) is 13.1. The molecule has 2 fully saturated rings. The number of anilines is 1. The van der Waals surface area contributed by atoms with Crippen molar-refractivity contribution in [2.45, 2.75) is 12.5 Å². The van der Waals surface area contributed by atoms with Gasteiger partial charge in [-0.3, -0.25) is 0 Å². The molecule has 0 aliphatic carbocycles. The summed E-state index contributed by atoms with van der Waals surface area (Å²) in [5.74, 6) is -0.113. The van der Waals surface area contributed by atoms with Crippen LogP contribution in [0.5, 0.6) is 6.01 Å². The molecule has 0 radical (unpaired) electrons. The zero-order valence-electron chi connectivity index (χ0n) is 10.6. The summed E-state index contributed by atoms with van der Waals surface area (Å²) in [6.07, 6.45) is 2.17. The van der Waals surface area contributed by atoms with E-state index >= 15 is 0 Å². The largest absolute Gasteiger partial charge is 0.459 e. The quantitative estimate of drug-likeness (QED) is 0.844. The second-order valence-electron chi connectivity index (χ2n) is 4.66. The van der Waals surface area contributed by atoms with E-state index in [1.54, 1.807) is 0 Å². The standard InChI is InChI=1S/C12H17FN4O2/c13-10-8-15-12(19-9-1-2-14-7-9)16-11(10)17-3-5-18-6-4-17/h8-9,14H,1-7H2. The highest BCUT2D eigenvalue weighted by Crippen LogP contribution is 2.20. The Labute approximate surface area is 110 Å². The minimum atomic E-state index is -0.418. The van der Waals surface area contributed by atoms with Gasteiger partial charge in [-0.2, -0.15) is 4.98 Å². The van der Waals surface area contributed by atoms with Gasteiger partial charge in [0.25, 0.3) is 0 Å². The second kappa shape index (κ2) is 5.66. The first kappa shape index (κ1) is 12.6. The van der Waals surface area contributed by atoms with E-state index in [2.05, 4.69) is 15.3 Å². The molecule has 2 aliphatic heterocycles. The molecular formula is C12H17FN4O2. The van der Waals surface area contributed by atoms with Gasteiger partial charge in [-0.15, -0.1) is 0 Å². The molecule has 0 aromatic carbocycles. The van der Waals surface area contributed by atoms with E-state index in [-0.39, 0.29) is 12.1 Å². The lowest BCUT2D eigenvalue weighted by Crippen LogP contribution is -2.37. The van der Waals surface area contributed by atoms with Gasteiger partial charge in [0.1, 0.15) is 6.10 Å². The van der Waals surface area contributed by atoms with E-state index in [1.165, 1.54) is 6.20 Å². The molecule has 0 bridgehead atoms. The van der Waals surface area contributed by atoms with Crippen molar-refractivity contribution in [3.63, 3.8) is 0 Å². The minimum absolute atomic E-state index is 0.0722. The molecule has 1 aromatic rings. The molecule has 3 rings (SSSR count). The van der Waals surface area contributed by atoms with Gasteiger partial charge < -0.3 is 19.7 Å². The Bertz CT molecular complexity index is 434. The number of morpholine rings is 1. The number of halogens is 1. The summed E-state index contributed by atoms with van der Waals surface area (Å²) >= 11 is 0. The minimum Gasteiger partial charge on any atom is -0.459 e. The number of hydrogen-bond donors (Lipinski definition) is 1. The summed E-state index contributed by atoms with van der Waals surface area (Å²) in [7, 11) is 0. The van der Waals surface area contributed by atoms with Crippen molar-refractivity contribution < 1.29 is 13.9 Å². The van der Waals surface area contributed by atoms with E-state index in [9.17, 15) is 4.39 Å². The maximum atomic E-state index is 13.8. The maximum Gasteiger partial charge on any atom is 0.318 e. The molecule has 0 spiro atoms. The van der Waals surface area contributed by atoms with Gasteiger partial charge in [-0.1, -0.05) is 0 Å². The highest BCUT2D eigenvalue weighted by molar-refractivity contribution is 5.40. The molecule has 1 N–H and O–H groups in total. The van der Waals surface area contributed by atoms with E-state index in [1.807, 2.05) is 4.90 Å². The predicted molar refractivity (Wildman–Crippen MR) is 66.9 cm³/mol. The van der Waals surface area contributed by atoms with Crippen molar-refractivity contribution in [2.75, 3.05) is 44.3 Å². The Kier molecular flexibility index (Phi) is 3.74. The van der Waals surface area contributed by atoms with Gasteiger partial charge in [-0.05, 0) is 13.0 Å². The molecule has 1 aromatic heterocycles. The van der Waals surface area contributed by atoms with Gasteiger partial charge in [0, 0.05) is 19.6 Å². The third kappa shape index (κ3) is 2.93. The number of ether oxygens (including phenoxy) is 2. The number of aromatic nitrogens is 2. The summed E-state index contributed by atoms with van der Waals surface area (Å²) in [4.78, 5) is 9.96. The molecule has 19 heavy (non-hydrogen) atoms. The summed E-state index contributed by atoms with van der Waals surface area (Å²) in [5.41, 5.74) is 0. The molecule has 6 nitrogen and oxygen atoms in total. The van der Waals surface area contributed by atoms with Crippen molar-refractivity contribution in [1.82, 2.24) is 15.3 Å². The van der Waals surface area contributed by atoms with Gasteiger partial charge >= 0.3 is 6.01 Å². The van der Waals surface area contributed by atoms with E-state index in [0.29, 0.717) is 32.1 Å². The Hall–Kier alpha value is -1.47. The molecule has 0 saturated carbocycles. The SMILES string of the molecule is Fc1cnc(OC2CCNC2)nc1N1CCOCC1. The van der Waals surface area contributed by atoms with Crippen LogP contribution in [-0.4, -0.2) is 55.5 Å². The number of nitrogens with zero attached hydrogens (tertiary/aromatic N) is 3. The fourth-order valence-electron chi connectivity index (χ4n) is 2.27. The molecule has 104 valence electrons. The van der Waals surface area contributed by atoms with Crippen LogP contribution >= 0.6 is 0 Å². The van der Waals surface area contributed by atoms with Crippen LogP contribution in [0.25, 0.3) is 0 Å². The van der Waals surface area contributed by atoms with E-state index in [4.69, 9.17) is 9.47 Å². The monoisotopic (exact) mass is 268 g/mol. The van der Waals surface area contributed by atoms with E-state index < -0.39 is 5.82 Å². The smallest absolute Gasteiger partial charge is 0.318 e. The molecule has 3 heterocycles. The van der Waals surface area contributed by atoms with Crippen LogP contribution in [0.4, 0.5) is 10.2 Å². The van der Waals surface area contributed by atoms with Crippen molar-refractivity contribution in [1.29, 1.82) is 0 Å². The van der Waals surface area contributed by atoms with Crippen molar-refractivity contribution >= 4 is 5.82 Å². The summed E-state index contributed by atoms with van der Waals surface area (Å²) < 4.78 is 24.7. The topological polar surface area (TPSA) is 59.5 Å². The summed E-state index contributed by atoms with van der Waals surface area (Å²) in [5, 5.41) is 3.20. The second-order valence-corrected chi connectivity index (χ2v) is 4.66.